The molecule has 0 aromatic carbocycles. The van der Waals surface area contributed by atoms with E-state index in [1.165, 1.54) is 6.33 Å². The van der Waals surface area contributed by atoms with Crippen LogP contribution < -0.4 is 16.3 Å². The first-order valence-corrected chi connectivity index (χ1v) is 4.48. The van der Waals surface area contributed by atoms with Crippen LogP contribution in [0.4, 0.5) is 5.82 Å². The average Bonchev–Trinajstić information content (AvgIpc) is 2.20. The van der Waals surface area contributed by atoms with Crippen LogP contribution in [0, 0.1) is 0 Å². The second-order valence-electron chi connectivity index (χ2n) is 2.14. The van der Waals surface area contributed by atoms with Gasteiger partial charge in [0.25, 0.3) is 0 Å². The summed E-state index contributed by atoms with van der Waals surface area (Å²) < 4.78 is 0. The van der Waals surface area contributed by atoms with Crippen molar-refractivity contribution in [1.29, 1.82) is 0 Å². The fraction of sp³-hybridized carbons (Fsp3) is 0.400. The third-order valence-electron chi connectivity index (χ3n) is 1.51. The van der Waals surface area contributed by atoms with Crippen molar-refractivity contribution < 1.29 is 0 Å². The Hall–Kier alpha value is -1.38. The number of nitrogen functional groups attached to an aromatic ring is 1. The van der Waals surface area contributed by atoms with Crippen molar-refractivity contribution in [3.05, 3.63) is 16.9 Å². The van der Waals surface area contributed by atoms with E-state index in [0.717, 1.165) is 10.6 Å². The number of nitrogens with two attached hydrogens (primary N) is 1. The zero-order valence-electron chi connectivity index (χ0n) is 8.70. The predicted molar refractivity (Wildman–Crippen MR) is 57.3 cm³/mol. The van der Waals surface area contributed by atoms with Crippen LogP contribution in [0.2, 0.25) is 0 Å². The maximum Gasteiger partial charge on any atom is 0.134 e. The number of aromatic nitrogens is 2. The van der Waals surface area contributed by atoms with Crippen LogP contribution in [-0.4, -0.2) is 9.97 Å². The molecule has 0 radical (unpaired) electrons. The molecule has 0 spiro atoms. The van der Waals surface area contributed by atoms with Gasteiger partial charge in [-0.1, -0.05) is 26.0 Å². The molecule has 0 aliphatic carbocycles. The van der Waals surface area contributed by atoms with E-state index in [1.807, 2.05) is 39.8 Å². The van der Waals surface area contributed by atoms with Gasteiger partial charge in [0.2, 0.25) is 0 Å². The summed E-state index contributed by atoms with van der Waals surface area (Å²) in [5, 5.41) is 1.80. The molecule has 0 amide bonds. The quantitative estimate of drug-likeness (QED) is 0.637. The summed E-state index contributed by atoms with van der Waals surface area (Å²) >= 11 is 0. The Balaban J connectivity index is 0.000000671. The van der Waals surface area contributed by atoms with Crippen LogP contribution in [0.25, 0.3) is 12.2 Å². The van der Waals surface area contributed by atoms with Gasteiger partial charge in [-0.15, -0.1) is 0 Å². The molecule has 1 aromatic heterocycles. The van der Waals surface area contributed by atoms with Gasteiger partial charge < -0.3 is 5.73 Å². The number of nitrogens with zero attached hydrogens (tertiary/aromatic N) is 2. The number of hydrogen-bond donors (Lipinski definition) is 1. The van der Waals surface area contributed by atoms with E-state index in [4.69, 9.17) is 5.73 Å². The SMILES string of the molecule is C/C=c1/ncnc(N)/c1=C/C.CC. The van der Waals surface area contributed by atoms with E-state index < -0.39 is 0 Å². The Bertz CT molecular complexity index is 355. The zero-order valence-corrected chi connectivity index (χ0v) is 8.70. The molecule has 2 N–H and O–H groups in total. The smallest absolute Gasteiger partial charge is 0.134 e. The standard InChI is InChI=1S/C8H11N3.C2H6/c1-3-6-7(4-2)10-5-11-8(6)9;1-2/h3-5H,1-2H3,(H2,9,10,11);1-2H3/b6-3+,7-4+;. The molecule has 72 valence electrons. The molecule has 3 heteroatoms. The van der Waals surface area contributed by atoms with E-state index >= 15 is 0 Å². The van der Waals surface area contributed by atoms with Gasteiger partial charge in [-0.05, 0) is 13.8 Å². The number of anilines is 1. The Kier molecular flexibility index (Phi) is 5.52. The second kappa shape index (κ2) is 6.17. The Labute approximate surface area is 79.0 Å². The van der Waals surface area contributed by atoms with Gasteiger partial charge in [0.15, 0.2) is 0 Å². The Morgan fingerprint density at radius 2 is 1.77 bits per heavy atom. The molecular formula is C10H17N3. The molecule has 3 nitrogen and oxygen atoms in total. The molecule has 0 aliphatic heterocycles. The van der Waals surface area contributed by atoms with Crippen LogP contribution in [-0.2, 0) is 0 Å². The summed E-state index contributed by atoms with van der Waals surface area (Å²) in [6.45, 7) is 7.84. The highest BCUT2D eigenvalue weighted by Crippen LogP contribution is 1.76. The van der Waals surface area contributed by atoms with Crippen molar-refractivity contribution >= 4 is 18.0 Å². The third-order valence-corrected chi connectivity index (χ3v) is 1.51. The van der Waals surface area contributed by atoms with Crippen molar-refractivity contribution in [3.8, 4) is 0 Å². The normalized spacial score (nSPS) is 12.3. The summed E-state index contributed by atoms with van der Waals surface area (Å²) in [7, 11) is 0. The van der Waals surface area contributed by atoms with E-state index in [1.54, 1.807) is 0 Å². The highest BCUT2D eigenvalue weighted by molar-refractivity contribution is 5.38. The molecule has 0 saturated carbocycles. The van der Waals surface area contributed by atoms with Gasteiger partial charge >= 0.3 is 0 Å². The number of rotatable bonds is 0. The summed E-state index contributed by atoms with van der Waals surface area (Å²) in [6, 6.07) is 0. The lowest BCUT2D eigenvalue weighted by atomic mass is 10.3. The molecule has 0 bridgehead atoms. The van der Waals surface area contributed by atoms with Crippen molar-refractivity contribution in [2.24, 2.45) is 0 Å². The lowest BCUT2D eigenvalue weighted by Gasteiger charge is -1.91. The molecular weight excluding hydrogens is 162 g/mol. The second-order valence-corrected chi connectivity index (χ2v) is 2.14. The van der Waals surface area contributed by atoms with Crippen LogP contribution in [0.5, 0.6) is 0 Å². The van der Waals surface area contributed by atoms with Crippen molar-refractivity contribution in [3.63, 3.8) is 0 Å². The van der Waals surface area contributed by atoms with Crippen molar-refractivity contribution in [2.45, 2.75) is 27.7 Å². The molecule has 0 unspecified atom stereocenters. The van der Waals surface area contributed by atoms with Gasteiger partial charge in [0.1, 0.15) is 12.1 Å². The fourth-order valence-electron chi connectivity index (χ4n) is 0.949. The van der Waals surface area contributed by atoms with Crippen LogP contribution in [0.3, 0.4) is 0 Å². The monoisotopic (exact) mass is 179 g/mol. The van der Waals surface area contributed by atoms with Gasteiger partial charge in [-0.3, -0.25) is 0 Å². The first kappa shape index (κ1) is 11.6. The van der Waals surface area contributed by atoms with Gasteiger partial charge in [-0.25, -0.2) is 9.97 Å². The minimum atomic E-state index is 0.538. The maximum absolute atomic E-state index is 5.61. The highest BCUT2D eigenvalue weighted by atomic mass is 14.9. The molecule has 1 aromatic rings. The average molecular weight is 179 g/mol. The largest absolute Gasteiger partial charge is 0.383 e. The lowest BCUT2D eigenvalue weighted by molar-refractivity contribution is 1.11. The van der Waals surface area contributed by atoms with E-state index in [-0.39, 0.29) is 0 Å². The van der Waals surface area contributed by atoms with Crippen molar-refractivity contribution in [1.82, 2.24) is 9.97 Å². The molecule has 13 heavy (non-hydrogen) atoms. The topological polar surface area (TPSA) is 51.8 Å². The molecule has 0 fully saturated rings. The maximum atomic E-state index is 5.61. The molecule has 0 aliphatic rings. The zero-order chi connectivity index (χ0) is 10.3. The van der Waals surface area contributed by atoms with Crippen molar-refractivity contribution in [2.75, 3.05) is 5.73 Å². The summed E-state index contributed by atoms with van der Waals surface area (Å²) in [6.07, 6.45) is 5.29. The highest BCUT2D eigenvalue weighted by Gasteiger charge is 1.89. The predicted octanol–water partition coefficient (Wildman–Crippen LogP) is 0.686. The molecule has 1 rings (SSSR count). The van der Waals surface area contributed by atoms with E-state index in [9.17, 15) is 0 Å². The third kappa shape index (κ3) is 2.86. The first-order valence-electron chi connectivity index (χ1n) is 4.48. The molecule has 0 saturated heterocycles. The number of hydrogen-bond acceptors (Lipinski definition) is 3. The van der Waals surface area contributed by atoms with Crippen LogP contribution in [0.1, 0.15) is 27.7 Å². The molecule has 1 heterocycles. The minimum Gasteiger partial charge on any atom is -0.383 e. The summed E-state index contributed by atoms with van der Waals surface area (Å²) in [5.74, 6) is 0.538. The molecule has 0 atom stereocenters. The summed E-state index contributed by atoms with van der Waals surface area (Å²) in [5.41, 5.74) is 5.61. The summed E-state index contributed by atoms with van der Waals surface area (Å²) in [4.78, 5) is 7.92. The van der Waals surface area contributed by atoms with Gasteiger partial charge in [-0.2, -0.15) is 0 Å². The van der Waals surface area contributed by atoms with Crippen LogP contribution >= 0.6 is 0 Å². The van der Waals surface area contributed by atoms with Crippen LogP contribution in [0.15, 0.2) is 6.33 Å². The fourth-order valence-corrected chi connectivity index (χ4v) is 0.949. The Morgan fingerprint density at radius 3 is 2.15 bits per heavy atom. The Morgan fingerprint density at radius 1 is 1.15 bits per heavy atom. The first-order chi connectivity index (χ1) is 6.29. The lowest BCUT2D eigenvalue weighted by Crippen LogP contribution is -2.31. The van der Waals surface area contributed by atoms with Gasteiger partial charge in [0.05, 0.1) is 5.35 Å². The van der Waals surface area contributed by atoms with E-state index in [2.05, 4.69) is 9.97 Å². The van der Waals surface area contributed by atoms with E-state index in [0.29, 0.717) is 5.82 Å². The minimum absolute atomic E-state index is 0.538. The van der Waals surface area contributed by atoms with Gasteiger partial charge in [0, 0.05) is 5.22 Å².